The lowest BCUT2D eigenvalue weighted by Gasteiger charge is -2.70. The molecule has 2 saturated heterocycles. The van der Waals surface area contributed by atoms with Crippen molar-refractivity contribution in [3.8, 4) is 34.5 Å². The summed E-state index contributed by atoms with van der Waals surface area (Å²) >= 11 is 0. The third kappa shape index (κ3) is 6.24. The van der Waals surface area contributed by atoms with Gasteiger partial charge in [0.05, 0.1) is 23.2 Å². The number of hydrogen-bond acceptors (Lipinski definition) is 22. The first-order valence-corrected chi connectivity index (χ1v) is 17.1. The smallest absolute Gasteiger partial charge is 0.423 e. The Hall–Kier alpha value is -5.07. The van der Waals surface area contributed by atoms with Gasteiger partial charge in [-0.25, -0.2) is 14.6 Å². The first kappa shape index (κ1) is 51.6. The summed E-state index contributed by atoms with van der Waals surface area (Å²) in [5, 5.41) is 211. The van der Waals surface area contributed by atoms with E-state index in [1.807, 2.05) is 0 Å². The van der Waals surface area contributed by atoms with Crippen molar-refractivity contribution in [3.05, 3.63) is 33.6 Å². The molecule has 2 aromatic carbocycles. The minimum Gasteiger partial charge on any atom is -0.507 e. The second-order valence-electron chi connectivity index (χ2n) is 15.4. The van der Waals surface area contributed by atoms with Gasteiger partial charge in [-0.05, 0) is 13.8 Å². The molecule has 19 N–H and O–H groups in total. The Morgan fingerprint density at radius 1 is 0.625 bits per heavy atom. The van der Waals surface area contributed by atoms with E-state index in [4.69, 9.17) is 0 Å². The highest BCUT2D eigenvalue weighted by Crippen LogP contribution is 2.64. The number of rotatable bonds is 4. The summed E-state index contributed by atoms with van der Waals surface area (Å²) < 4.78 is 99.1. The molecule has 2 aromatic rings. The molecule has 0 spiro atoms. The number of amides is 3. The van der Waals surface area contributed by atoms with Crippen LogP contribution >= 0.6 is 0 Å². The van der Waals surface area contributed by atoms with Crippen LogP contribution in [0.3, 0.4) is 0 Å². The number of carbonyl (C=O) groups is 2. The molecule has 3 unspecified atom stereocenters. The number of benzene rings is 2. The lowest BCUT2D eigenvalue weighted by atomic mass is 9.61. The predicted molar refractivity (Wildman–Crippen MR) is 180 cm³/mol. The van der Waals surface area contributed by atoms with E-state index in [-0.39, 0.29) is 27.8 Å². The minimum absolute atomic E-state index is 0.174. The van der Waals surface area contributed by atoms with Crippen molar-refractivity contribution in [1.82, 2.24) is 19.6 Å². The number of phenols is 6. The molecule has 25 nitrogen and oxygen atoms in total. The van der Waals surface area contributed by atoms with Crippen molar-refractivity contribution in [1.29, 1.82) is 0 Å². The van der Waals surface area contributed by atoms with Crippen LogP contribution in [0.2, 0.25) is 0 Å². The van der Waals surface area contributed by atoms with Crippen molar-refractivity contribution in [2.75, 3.05) is 7.05 Å². The molecule has 2 fully saturated rings. The van der Waals surface area contributed by atoms with Crippen LogP contribution in [0.1, 0.15) is 61.6 Å². The highest BCUT2D eigenvalue weighted by Gasteiger charge is 2.86. The molecule has 0 radical (unpaired) electrons. The molecule has 2 aliphatic heterocycles. The van der Waals surface area contributed by atoms with Gasteiger partial charge >= 0.3 is 47.9 Å². The highest BCUT2D eigenvalue weighted by molar-refractivity contribution is 5.79. The molecule has 0 aliphatic carbocycles. The SMILES string of the molecule is CC(=O)N1C(O)(O)C(O)(O)N(C2C(C)(C)C(O)(c3c(C)c(O)c(F)c(O)c3O)N(C(=O)N(C)C(C)c3c(O)c(C(F)(F)F)c(O)c(C(F)(F)F)c3O)C(O)(O)C2(O)O)C(O)(O)C1(O)O. The number of aromatic hydroxyl groups is 6. The van der Waals surface area contributed by atoms with Crippen LogP contribution in [-0.4, -0.2) is 177 Å². The molecule has 3 amide bonds. The third-order valence-corrected chi connectivity index (χ3v) is 11.3. The second kappa shape index (κ2) is 14.2. The standard InChI is InChI=1S/C32H39F7N4O21/c1-7-11(19(49)20(50)14(33)15(7)45)24(52)23(4,5)21(42-31(61,62)29(57,58)41(9(3)44)30(59,60)32(42,63)64)25(53,54)28(55,56)43(24)22(51)40(6)8(2)10-16(46)12(26(34,35)36)18(48)13(17(10)47)27(37,38)39/h8,21,45-50,52-64H,1-6H3. The number of nitrogens with zero attached hydrogens (tertiary/aromatic N) is 4. The van der Waals surface area contributed by atoms with Gasteiger partial charge in [-0.3, -0.25) is 4.79 Å². The van der Waals surface area contributed by atoms with Gasteiger partial charge in [0.1, 0.15) is 28.4 Å². The number of likely N-dealkylation sites (tertiary alicyclic amines) is 1. The van der Waals surface area contributed by atoms with Gasteiger partial charge in [0.15, 0.2) is 23.0 Å². The lowest BCUT2D eigenvalue weighted by molar-refractivity contribution is -0.621. The van der Waals surface area contributed by atoms with Crippen molar-refractivity contribution in [2.45, 2.75) is 100 Å². The molecular formula is C32H39F7N4O21. The minimum atomic E-state index is -6.13. The van der Waals surface area contributed by atoms with E-state index in [0.717, 1.165) is 0 Å². The maximum absolute atomic E-state index is 14.9. The molecule has 64 heavy (non-hydrogen) atoms. The van der Waals surface area contributed by atoms with Crippen molar-refractivity contribution in [2.24, 2.45) is 5.41 Å². The number of piperidine rings is 1. The molecule has 0 saturated carbocycles. The maximum atomic E-state index is 14.9. The van der Waals surface area contributed by atoms with Gasteiger partial charge < -0.3 is 102 Å². The Bertz CT molecular complexity index is 2200. The fraction of sp³-hybridized carbons (Fsp3) is 0.562. The van der Waals surface area contributed by atoms with Crippen LogP contribution in [0, 0.1) is 18.2 Å². The Labute approximate surface area is 349 Å². The highest BCUT2D eigenvalue weighted by atomic mass is 19.4. The zero-order valence-electron chi connectivity index (χ0n) is 32.9. The quantitative estimate of drug-likeness (QED) is 0.0603. The summed E-state index contributed by atoms with van der Waals surface area (Å²) in [6.45, 7) is 1.28. The lowest BCUT2D eigenvalue weighted by Crippen LogP contribution is -2.97. The van der Waals surface area contributed by atoms with E-state index in [0.29, 0.717) is 13.8 Å². The van der Waals surface area contributed by atoms with Crippen LogP contribution in [0.25, 0.3) is 0 Å². The number of halogens is 7. The monoisotopic (exact) mass is 948 g/mol. The van der Waals surface area contributed by atoms with Gasteiger partial charge in [-0.1, -0.05) is 13.8 Å². The molecule has 2 heterocycles. The van der Waals surface area contributed by atoms with Gasteiger partial charge in [-0.2, -0.15) is 35.6 Å². The van der Waals surface area contributed by atoms with E-state index < -0.39 is 171 Å². The summed E-state index contributed by atoms with van der Waals surface area (Å²) in [4.78, 5) is 22.6. The Morgan fingerprint density at radius 3 is 1.38 bits per heavy atom. The van der Waals surface area contributed by atoms with Crippen LogP contribution in [0.4, 0.5) is 35.5 Å². The van der Waals surface area contributed by atoms with Gasteiger partial charge in [-0.15, -0.1) is 0 Å². The number of piperazine rings is 1. The number of alkyl halides is 6. The number of urea groups is 1. The summed E-state index contributed by atoms with van der Waals surface area (Å²) in [5.41, 5.74) is -19.7. The fourth-order valence-corrected chi connectivity index (χ4v) is 8.02. The largest absolute Gasteiger partial charge is 0.507 e. The summed E-state index contributed by atoms with van der Waals surface area (Å²) in [6.07, 6.45) is -12.3. The summed E-state index contributed by atoms with van der Waals surface area (Å²) in [5.74, 6) is -50.1. The molecular weight excluding hydrogens is 909 g/mol. The Balaban J connectivity index is 2.24. The van der Waals surface area contributed by atoms with Crippen molar-refractivity contribution < 1.29 is 137 Å². The Kier molecular flexibility index (Phi) is 11.5. The molecule has 3 atom stereocenters. The van der Waals surface area contributed by atoms with Gasteiger partial charge in [0, 0.05) is 24.9 Å². The zero-order valence-corrected chi connectivity index (χ0v) is 32.9. The van der Waals surface area contributed by atoms with Crippen molar-refractivity contribution in [3.63, 3.8) is 0 Å². The van der Waals surface area contributed by atoms with Crippen LogP contribution in [0.15, 0.2) is 0 Å². The van der Waals surface area contributed by atoms with Crippen LogP contribution in [0.5, 0.6) is 34.5 Å². The van der Waals surface area contributed by atoms with E-state index in [2.05, 4.69) is 0 Å². The van der Waals surface area contributed by atoms with Crippen LogP contribution < -0.4 is 0 Å². The molecule has 0 aromatic heterocycles. The molecule has 32 heteroatoms. The first-order chi connectivity index (χ1) is 28.2. The molecule has 2 aliphatic rings. The van der Waals surface area contributed by atoms with E-state index in [1.165, 1.54) is 0 Å². The third-order valence-electron chi connectivity index (χ3n) is 11.3. The average Bonchev–Trinajstić information content (AvgIpc) is 3.08. The van der Waals surface area contributed by atoms with Crippen LogP contribution in [-0.2, 0) is 22.9 Å². The normalized spacial score (nSPS) is 25.2. The number of aliphatic hydroxyl groups is 13. The molecule has 362 valence electrons. The topological polar surface area (TPSA) is 431 Å². The van der Waals surface area contributed by atoms with Gasteiger partial charge in [0.2, 0.25) is 11.7 Å². The van der Waals surface area contributed by atoms with E-state index >= 15 is 0 Å². The first-order valence-electron chi connectivity index (χ1n) is 17.1. The maximum Gasteiger partial charge on any atom is 0.423 e. The fourth-order valence-electron chi connectivity index (χ4n) is 8.02. The molecule has 0 bridgehead atoms. The summed E-state index contributed by atoms with van der Waals surface area (Å²) in [7, 11) is 0.204. The molecule has 4 rings (SSSR count). The number of phenolic OH excluding ortho intramolecular Hbond substituents is 6. The summed E-state index contributed by atoms with van der Waals surface area (Å²) in [6, 6.07) is -9.59. The van der Waals surface area contributed by atoms with E-state index in [9.17, 15) is 137 Å². The number of carbonyl (C=O) groups excluding carboxylic acids is 2. The van der Waals surface area contributed by atoms with Crippen molar-refractivity contribution >= 4 is 11.9 Å². The zero-order chi connectivity index (χ0) is 50.5. The number of hydrogen-bond donors (Lipinski definition) is 19. The average molecular weight is 949 g/mol. The van der Waals surface area contributed by atoms with E-state index in [1.54, 1.807) is 0 Å². The predicted octanol–water partition coefficient (Wildman–Crippen LogP) is -3.89. The Morgan fingerprint density at radius 2 is 1.02 bits per heavy atom. The second-order valence-corrected chi connectivity index (χ2v) is 15.4. The van der Waals surface area contributed by atoms with Gasteiger partial charge in [0.25, 0.3) is 5.79 Å².